The van der Waals surface area contributed by atoms with Gasteiger partial charge in [-0.15, -0.1) is 11.8 Å². The maximum Gasteiger partial charge on any atom is 0.132 e. The number of hydrogen-bond donors (Lipinski definition) is 1. The molecule has 1 saturated carbocycles. The van der Waals surface area contributed by atoms with Crippen LogP contribution in [0.25, 0.3) is 0 Å². The van der Waals surface area contributed by atoms with Gasteiger partial charge in [0.25, 0.3) is 0 Å². The molecular formula is C16H25NO2S. The van der Waals surface area contributed by atoms with E-state index in [1.807, 2.05) is 12.1 Å². The molecule has 0 atom stereocenters. The number of rotatable bonds is 5. The van der Waals surface area contributed by atoms with Crippen LogP contribution in [0.4, 0.5) is 0 Å². The predicted molar refractivity (Wildman–Crippen MR) is 85.1 cm³/mol. The van der Waals surface area contributed by atoms with Crippen LogP contribution in [-0.4, -0.2) is 27.0 Å². The molecule has 0 aliphatic heterocycles. The summed E-state index contributed by atoms with van der Waals surface area (Å²) in [6, 6.07) is 4.00. The highest BCUT2D eigenvalue weighted by molar-refractivity contribution is 7.98. The van der Waals surface area contributed by atoms with Crippen LogP contribution in [0.2, 0.25) is 0 Å². The first-order chi connectivity index (χ1) is 9.72. The minimum absolute atomic E-state index is 0.0382. The monoisotopic (exact) mass is 295 g/mol. The highest BCUT2D eigenvalue weighted by atomic mass is 32.2. The molecule has 0 unspecified atom stereocenters. The van der Waals surface area contributed by atoms with Crippen molar-refractivity contribution in [1.82, 2.24) is 0 Å². The Morgan fingerprint density at radius 1 is 1.10 bits per heavy atom. The highest BCUT2D eigenvalue weighted by Gasteiger charge is 2.37. The van der Waals surface area contributed by atoms with Crippen LogP contribution in [-0.2, 0) is 5.41 Å². The molecule has 20 heavy (non-hydrogen) atoms. The first-order valence-electron chi connectivity index (χ1n) is 7.22. The van der Waals surface area contributed by atoms with Crippen LogP contribution in [0.5, 0.6) is 11.5 Å². The molecule has 1 aliphatic carbocycles. The van der Waals surface area contributed by atoms with E-state index in [0.717, 1.165) is 24.3 Å². The van der Waals surface area contributed by atoms with Crippen molar-refractivity contribution >= 4 is 11.8 Å². The van der Waals surface area contributed by atoms with Crippen molar-refractivity contribution in [1.29, 1.82) is 0 Å². The first kappa shape index (κ1) is 15.5. The Morgan fingerprint density at radius 2 is 1.70 bits per heavy atom. The van der Waals surface area contributed by atoms with E-state index < -0.39 is 0 Å². The average molecular weight is 295 g/mol. The van der Waals surface area contributed by atoms with Gasteiger partial charge in [-0.1, -0.05) is 19.3 Å². The standard InChI is InChI=1S/C16H25NO2S/c1-18-12-7-8-13(19-2)15(20-3)14(12)16(11-17)9-5-4-6-10-16/h7-8H,4-6,9-11,17H2,1-3H3. The maximum atomic E-state index is 6.20. The summed E-state index contributed by atoms with van der Waals surface area (Å²) in [6.45, 7) is 0.671. The summed E-state index contributed by atoms with van der Waals surface area (Å²) in [7, 11) is 3.46. The van der Waals surface area contributed by atoms with Crippen molar-refractivity contribution in [3.05, 3.63) is 17.7 Å². The molecule has 2 rings (SSSR count). The minimum Gasteiger partial charge on any atom is -0.496 e. The van der Waals surface area contributed by atoms with Crippen LogP contribution in [0.3, 0.4) is 0 Å². The number of ether oxygens (including phenoxy) is 2. The molecule has 1 aliphatic rings. The van der Waals surface area contributed by atoms with Gasteiger partial charge in [-0.05, 0) is 31.2 Å². The minimum atomic E-state index is 0.0382. The molecule has 0 heterocycles. The molecule has 4 heteroatoms. The van der Waals surface area contributed by atoms with E-state index in [1.165, 1.54) is 29.7 Å². The van der Waals surface area contributed by atoms with Gasteiger partial charge in [-0.2, -0.15) is 0 Å². The maximum absolute atomic E-state index is 6.20. The Bertz CT molecular complexity index is 456. The third kappa shape index (κ3) is 2.63. The fraction of sp³-hybridized carbons (Fsp3) is 0.625. The largest absolute Gasteiger partial charge is 0.496 e. The van der Waals surface area contributed by atoms with Gasteiger partial charge in [0.1, 0.15) is 11.5 Å². The Hall–Kier alpha value is -0.870. The van der Waals surface area contributed by atoms with E-state index in [-0.39, 0.29) is 5.41 Å². The zero-order valence-corrected chi connectivity index (χ0v) is 13.5. The Labute approximate surface area is 126 Å². The number of methoxy groups -OCH3 is 2. The van der Waals surface area contributed by atoms with E-state index >= 15 is 0 Å². The van der Waals surface area contributed by atoms with Gasteiger partial charge < -0.3 is 15.2 Å². The molecular weight excluding hydrogens is 270 g/mol. The van der Waals surface area contributed by atoms with Crippen molar-refractivity contribution < 1.29 is 9.47 Å². The molecule has 112 valence electrons. The van der Waals surface area contributed by atoms with Gasteiger partial charge in [-0.25, -0.2) is 0 Å². The summed E-state index contributed by atoms with van der Waals surface area (Å²) < 4.78 is 11.2. The molecule has 1 fully saturated rings. The number of nitrogens with two attached hydrogens (primary N) is 1. The zero-order chi connectivity index (χ0) is 14.6. The van der Waals surface area contributed by atoms with Gasteiger partial charge >= 0.3 is 0 Å². The molecule has 0 radical (unpaired) electrons. The van der Waals surface area contributed by atoms with E-state index in [2.05, 4.69) is 6.26 Å². The van der Waals surface area contributed by atoms with E-state index in [1.54, 1.807) is 26.0 Å². The molecule has 0 amide bonds. The Morgan fingerprint density at radius 3 is 2.20 bits per heavy atom. The lowest BCUT2D eigenvalue weighted by atomic mass is 9.69. The van der Waals surface area contributed by atoms with Crippen LogP contribution in [0, 0.1) is 0 Å². The number of hydrogen-bond acceptors (Lipinski definition) is 4. The molecule has 0 aromatic heterocycles. The smallest absolute Gasteiger partial charge is 0.132 e. The molecule has 3 nitrogen and oxygen atoms in total. The quantitative estimate of drug-likeness (QED) is 0.843. The van der Waals surface area contributed by atoms with Crippen molar-refractivity contribution in [2.75, 3.05) is 27.0 Å². The van der Waals surface area contributed by atoms with E-state index in [4.69, 9.17) is 15.2 Å². The van der Waals surface area contributed by atoms with Gasteiger partial charge in [0.05, 0.1) is 19.1 Å². The average Bonchev–Trinajstić information content (AvgIpc) is 2.53. The third-order valence-corrected chi connectivity index (χ3v) is 5.27. The van der Waals surface area contributed by atoms with Crippen molar-refractivity contribution in [2.24, 2.45) is 5.73 Å². The lowest BCUT2D eigenvalue weighted by molar-refractivity contribution is 0.280. The molecule has 1 aromatic rings. The van der Waals surface area contributed by atoms with Gasteiger partial charge in [0.2, 0.25) is 0 Å². The normalized spacial score (nSPS) is 17.8. The molecule has 0 saturated heterocycles. The van der Waals surface area contributed by atoms with Gasteiger partial charge in [0.15, 0.2) is 0 Å². The third-order valence-electron chi connectivity index (χ3n) is 4.46. The van der Waals surface area contributed by atoms with Crippen LogP contribution in [0.1, 0.15) is 37.7 Å². The van der Waals surface area contributed by atoms with Crippen LogP contribution >= 0.6 is 11.8 Å². The second-order valence-electron chi connectivity index (χ2n) is 5.42. The Kier molecular flexibility index (Phi) is 5.22. The van der Waals surface area contributed by atoms with Crippen LogP contribution in [0.15, 0.2) is 17.0 Å². The number of benzene rings is 1. The SMILES string of the molecule is COc1ccc(OC)c(C2(CN)CCCCC2)c1SC. The van der Waals surface area contributed by atoms with Gasteiger partial charge in [-0.3, -0.25) is 0 Å². The summed E-state index contributed by atoms with van der Waals surface area (Å²) >= 11 is 1.72. The molecule has 2 N–H and O–H groups in total. The lowest BCUT2D eigenvalue weighted by Gasteiger charge is -2.39. The second-order valence-corrected chi connectivity index (χ2v) is 6.24. The van der Waals surface area contributed by atoms with Crippen LogP contribution < -0.4 is 15.2 Å². The topological polar surface area (TPSA) is 44.5 Å². The van der Waals surface area contributed by atoms with Crippen molar-refractivity contribution in [2.45, 2.75) is 42.4 Å². The van der Waals surface area contributed by atoms with Crippen molar-refractivity contribution in [3.8, 4) is 11.5 Å². The Balaban J connectivity index is 2.61. The summed E-state index contributed by atoms with van der Waals surface area (Å²) in [6.07, 6.45) is 8.16. The summed E-state index contributed by atoms with van der Waals surface area (Å²) in [5, 5.41) is 0. The fourth-order valence-corrected chi connectivity index (χ4v) is 4.24. The highest BCUT2D eigenvalue weighted by Crippen LogP contribution is 2.49. The van der Waals surface area contributed by atoms with E-state index in [9.17, 15) is 0 Å². The predicted octanol–water partition coefficient (Wildman–Crippen LogP) is 3.59. The lowest BCUT2D eigenvalue weighted by Crippen LogP contribution is -2.38. The molecule has 0 spiro atoms. The van der Waals surface area contributed by atoms with Gasteiger partial charge in [0, 0.05) is 17.5 Å². The van der Waals surface area contributed by atoms with Crippen molar-refractivity contribution in [3.63, 3.8) is 0 Å². The summed E-state index contributed by atoms with van der Waals surface area (Å²) in [5.41, 5.74) is 7.50. The van der Waals surface area contributed by atoms with E-state index in [0.29, 0.717) is 6.54 Å². The first-order valence-corrected chi connectivity index (χ1v) is 8.44. The number of thioether (sulfide) groups is 1. The summed E-state index contributed by atoms with van der Waals surface area (Å²) in [4.78, 5) is 1.18. The molecule has 0 bridgehead atoms. The second kappa shape index (κ2) is 6.72. The summed E-state index contributed by atoms with van der Waals surface area (Å²) in [5.74, 6) is 1.87. The molecule has 1 aromatic carbocycles. The fourth-order valence-electron chi connectivity index (χ4n) is 3.37. The zero-order valence-electron chi connectivity index (χ0n) is 12.7.